The minimum absolute atomic E-state index is 0.0451. The fraction of sp³-hybridized carbons (Fsp3) is 0.385. The van der Waals surface area contributed by atoms with E-state index in [0.717, 1.165) is 6.26 Å². The first-order valence-electron chi connectivity index (χ1n) is 5.93. The zero-order chi connectivity index (χ0) is 15.0. The van der Waals surface area contributed by atoms with E-state index in [2.05, 4.69) is 22.1 Å². The number of amides is 1. The molecule has 20 heavy (non-hydrogen) atoms. The largest absolute Gasteiger partial charge is 0.395 e. The molecule has 0 radical (unpaired) electrons. The fourth-order valence-corrected chi connectivity index (χ4v) is 1.82. The van der Waals surface area contributed by atoms with E-state index >= 15 is 0 Å². The second-order valence-electron chi connectivity index (χ2n) is 4.08. The van der Waals surface area contributed by atoms with Crippen LogP contribution in [-0.4, -0.2) is 49.6 Å². The summed E-state index contributed by atoms with van der Waals surface area (Å²) >= 11 is 0. The molecule has 0 spiro atoms. The second-order valence-corrected chi connectivity index (χ2v) is 6.34. The number of rotatable bonds is 5. The van der Waals surface area contributed by atoms with E-state index in [0.29, 0.717) is 17.5 Å². The van der Waals surface area contributed by atoms with Gasteiger partial charge in [-0.05, 0) is 6.07 Å². The molecule has 0 aliphatic heterocycles. The van der Waals surface area contributed by atoms with Crippen LogP contribution in [0.15, 0.2) is 18.5 Å². The highest BCUT2D eigenvalue weighted by molar-refractivity contribution is 7.90. The molecular formula is C13H16N2O4S. The van der Waals surface area contributed by atoms with Crippen LogP contribution >= 0.6 is 0 Å². The summed E-state index contributed by atoms with van der Waals surface area (Å²) < 4.78 is 22.0. The molecular weight excluding hydrogens is 280 g/mol. The van der Waals surface area contributed by atoms with Gasteiger partial charge in [0.2, 0.25) is 0 Å². The molecule has 1 rings (SSSR count). The standard InChI is InChI=1S/C13H16N2O4S/c1-20(18,19)9-7-15-13(17)12-5-6-14-10-11(12)4-2-3-8-16/h5-6,10,16H,3,7-9H2,1H3,(H,15,17). The van der Waals surface area contributed by atoms with E-state index < -0.39 is 15.7 Å². The zero-order valence-electron chi connectivity index (χ0n) is 11.1. The molecule has 0 aliphatic carbocycles. The minimum Gasteiger partial charge on any atom is -0.395 e. The molecule has 0 saturated heterocycles. The van der Waals surface area contributed by atoms with Crippen molar-refractivity contribution in [3.8, 4) is 11.8 Å². The Kier molecular flexibility index (Phi) is 6.15. The molecule has 0 saturated carbocycles. The molecule has 2 N–H and O–H groups in total. The van der Waals surface area contributed by atoms with Crippen molar-refractivity contribution in [2.75, 3.05) is 25.2 Å². The number of aliphatic hydroxyl groups is 1. The van der Waals surface area contributed by atoms with Crippen molar-refractivity contribution in [1.29, 1.82) is 0 Å². The maximum absolute atomic E-state index is 11.9. The van der Waals surface area contributed by atoms with E-state index in [4.69, 9.17) is 5.11 Å². The van der Waals surface area contributed by atoms with Crippen molar-refractivity contribution >= 4 is 15.7 Å². The summed E-state index contributed by atoms with van der Waals surface area (Å²) in [5.41, 5.74) is 0.775. The summed E-state index contributed by atoms with van der Waals surface area (Å²) in [6.45, 7) is -0.00729. The van der Waals surface area contributed by atoms with Crippen LogP contribution < -0.4 is 5.32 Å². The smallest absolute Gasteiger partial charge is 0.252 e. The molecule has 7 heteroatoms. The average Bonchev–Trinajstić information content (AvgIpc) is 2.38. The highest BCUT2D eigenvalue weighted by Gasteiger charge is 2.10. The Hall–Kier alpha value is -1.91. The second kappa shape index (κ2) is 7.62. The van der Waals surface area contributed by atoms with Gasteiger partial charge in [-0.2, -0.15) is 0 Å². The highest BCUT2D eigenvalue weighted by atomic mass is 32.2. The molecule has 108 valence electrons. The van der Waals surface area contributed by atoms with Gasteiger partial charge in [-0.15, -0.1) is 0 Å². The number of aliphatic hydroxyl groups excluding tert-OH is 1. The first-order valence-corrected chi connectivity index (χ1v) is 8.00. The lowest BCUT2D eigenvalue weighted by Gasteiger charge is -2.05. The summed E-state index contributed by atoms with van der Waals surface area (Å²) in [6.07, 6.45) is 4.33. The van der Waals surface area contributed by atoms with Crippen LogP contribution in [0.4, 0.5) is 0 Å². The van der Waals surface area contributed by atoms with Gasteiger partial charge >= 0.3 is 0 Å². The van der Waals surface area contributed by atoms with E-state index in [1.165, 1.54) is 18.5 Å². The predicted octanol–water partition coefficient (Wildman–Crippen LogP) is -0.410. The normalized spacial score (nSPS) is 10.5. The number of sulfone groups is 1. The first-order chi connectivity index (χ1) is 9.44. The van der Waals surface area contributed by atoms with Crippen LogP contribution in [-0.2, 0) is 9.84 Å². The number of carbonyl (C=O) groups excluding carboxylic acids is 1. The van der Waals surface area contributed by atoms with Gasteiger partial charge in [0, 0.05) is 31.6 Å². The first kappa shape index (κ1) is 16.1. The summed E-state index contributed by atoms with van der Waals surface area (Å²) in [7, 11) is -3.11. The fourth-order valence-electron chi connectivity index (χ4n) is 1.35. The molecule has 0 atom stereocenters. The van der Waals surface area contributed by atoms with Gasteiger partial charge < -0.3 is 10.4 Å². The third-order valence-electron chi connectivity index (χ3n) is 2.28. The molecule has 0 aromatic carbocycles. The molecule has 6 nitrogen and oxygen atoms in total. The van der Waals surface area contributed by atoms with Gasteiger partial charge in [0.25, 0.3) is 5.91 Å². The number of carbonyl (C=O) groups is 1. The molecule has 0 bridgehead atoms. The van der Waals surface area contributed by atoms with Gasteiger partial charge in [-0.25, -0.2) is 8.42 Å². The minimum atomic E-state index is -3.11. The maximum atomic E-state index is 11.9. The summed E-state index contributed by atoms with van der Waals surface area (Å²) in [5, 5.41) is 11.2. The van der Waals surface area contributed by atoms with Crippen LogP contribution in [0.1, 0.15) is 22.3 Å². The van der Waals surface area contributed by atoms with Crippen molar-refractivity contribution in [3.63, 3.8) is 0 Å². The van der Waals surface area contributed by atoms with Crippen molar-refractivity contribution < 1.29 is 18.3 Å². The molecule has 0 fully saturated rings. The highest BCUT2D eigenvalue weighted by Crippen LogP contribution is 2.05. The monoisotopic (exact) mass is 296 g/mol. The predicted molar refractivity (Wildman–Crippen MR) is 74.9 cm³/mol. The van der Waals surface area contributed by atoms with Crippen LogP contribution in [0.5, 0.6) is 0 Å². The molecule has 1 amide bonds. The van der Waals surface area contributed by atoms with E-state index in [1.807, 2.05) is 0 Å². The Morgan fingerprint density at radius 1 is 1.50 bits per heavy atom. The van der Waals surface area contributed by atoms with Crippen LogP contribution in [0.3, 0.4) is 0 Å². The summed E-state index contributed by atoms with van der Waals surface area (Å²) in [6, 6.07) is 1.51. The van der Waals surface area contributed by atoms with Crippen LogP contribution in [0.2, 0.25) is 0 Å². The number of nitrogens with one attached hydrogen (secondary N) is 1. The Balaban J connectivity index is 2.76. The quantitative estimate of drug-likeness (QED) is 0.720. The molecule has 1 aromatic heterocycles. The Morgan fingerprint density at radius 3 is 2.90 bits per heavy atom. The van der Waals surface area contributed by atoms with Crippen molar-refractivity contribution in [1.82, 2.24) is 10.3 Å². The van der Waals surface area contributed by atoms with Gasteiger partial charge in [0.15, 0.2) is 0 Å². The summed E-state index contributed by atoms with van der Waals surface area (Å²) in [5.74, 6) is 4.95. The molecule has 1 aromatic rings. The Labute approximate surface area is 118 Å². The van der Waals surface area contributed by atoms with Crippen LogP contribution in [0, 0.1) is 11.8 Å². The number of aromatic nitrogens is 1. The lowest BCUT2D eigenvalue weighted by molar-refractivity contribution is 0.0956. The molecule has 1 heterocycles. The van der Waals surface area contributed by atoms with Gasteiger partial charge in [-0.3, -0.25) is 9.78 Å². The Morgan fingerprint density at radius 2 is 2.25 bits per heavy atom. The lowest BCUT2D eigenvalue weighted by Crippen LogP contribution is -2.29. The maximum Gasteiger partial charge on any atom is 0.252 e. The molecule has 0 unspecified atom stereocenters. The van der Waals surface area contributed by atoms with Crippen molar-refractivity contribution in [2.45, 2.75) is 6.42 Å². The number of pyridine rings is 1. The number of hydrogen-bond donors (Lipinski definition) is 2. The Bertz CT molecular complexity index is 629. The van der Waals surface area contributed by atoms with E-state index in [-0.39, 0.29) is 18.9 Å². The third kappa shape index (κ3) is 5.82. The lowest BCUT2D eigenvalue weighted by atomic mass is 10.1. The zero-order valence-corrected chi connectivity index (χ0v) is 11.9. The topological polar surface area (TPSA) is 96.4 Å². The van der Waals surface area contributed by atoms with E-state index in [9.17, 15) is 13.2 Å². The van der Waals surface area contributed by atoms with Crippen molar-refractivity contribution in [2.24, 2.45) is 0 Å². The van der Waals surface area contributed by atoms with Crippen LogP contribution in [0.25, 0.3) is 0 Å². The van der Waals surface area contributed by atoms with Gasteiger partial charge in [0.05, 0.1) is 23.5 Å². The van der Waals surface area contributed by atoms with E-state index in [1.54, 1.807) is 0 Å². The third-order valence-corrected chi connectivity index (χ3v) is 3.23. The van der Waals surface area contributed by atoms with Gasteiger partial charge in [-0.1, -0.05) is 11.8 Å². The molecule has 0 aliphatic rings. The average molecular weight is 296 g/mol. The van der Waals surface area contributed by atoms with Gasteiger partial charge in [0.1, 0.15) is 9.84 Å². The number of hydrogen-bond acceptors (Lipinski definition) is 5. The summed E-state index contributed by atoms with van der Waals surface area (Å²) in [4.78, 5) is 15.8. The van der Waals surface area contributed by atoms with Crippen molar-refractivity contribution in [3.05, 3.63) is 29.6 Å². The number of nitrogens with zero attached hydrogens (tertiary/aromatic N) is 1. The SMILES string of the molecule is CS(=O)(=O)CCNC(=O)c1ccncc1C#CCCO.